The Morgan fingerprint density at radius 3 is 2.89 bits per heavy atom. The van der Waals surface area contributed by atoms with Gasteiger partial charge in [0.25, 0.3) is 0 Å². The van der Waals surface area contributed by atoms with Crippen LogP contribution in [-0.2, 0) is 17.7 Å². The minimum absolute atomic E-state index is 0.0977. The monoisotopic (exact) mass is 506 g/mol. The molecular formula is C31H30N4O3. The van der Waals surface area contributed by atoms with Crippen molar-refractivity contribution in [3.8, 4) is 11.5 Å². The lowest BCUT2D eigenvalue weighted by atomic mass is 9.95. The Bertz CT molecular complexity index is 1540. The van der Waals surface area contributed by atoms with Crippen molar-refractivity contribution in [2.45, 2.75) is 37.8 Å². The molecule has 1 atom stereocenters. The molecule has 0 spiro atoms. The van der Waals surface area contributed by atoms with Gasteiger partial charge in [0.15, 0.2) is 0 Å². The molecule has 7 rings (SSSR count). The maximum absolute atomic E-state index is 11.8. The van der Waals surface area contributed by atoms with E-state index in [9.17, 15) is 4.79 Å². The predicted octanol–water partition coefficient (Wildman–Crippen LogP) is 5.53. The van der Waals surface area contributed by atoms with Crippen molar-refractivity contribution in [1.82, 2.24) is 9.97 Å². The molecule has 2 N–H and O–H groups in total. The molecule has 1 saturated heterocycles. The van der Waals surface area contributed by atoms with Crippen LogP contribution in [0.25, 0.3) is 0 Å². The average Bonchev–Trinajstić information content (AvgIpc) is 3.81. The fraction of sp³-hybridized carbons (Fsp3) is 0.290. The molecule has 1 saturated carbocycles. The zero-order valence-corrected chi connectivity index (χ0v) is 21.2. The van der Waals surface area contributed by atoms with E-state index in [1.807, 2.05) is 12.3 Å². The summed E-state index contributed by atoms with van der Waals surface area (Å²) < 4.78 is 12.7. The van der Waals surface area contributed by atoms with Gasteiger partial charge >= 0.3 is 0 Å². The first-order valence-electron chi connectivity index (χ1n) is 13.4. The summed E-state index contributed by atoms with van der Waals surface area (Å²) in [5.74, 6) is 2.50. The zero-order valence-electron chi connectivity index (χ0n) is 21.2. The predicted molar refractivity (Wildman–Crippen MR) is 147 cm³/mol. The van der Waals surface area contributed by atoms with Gasteiger partial charge in [-0.3, -0.25) is 9.78 Å². The van der Waals surface area contributed by atoms with E-state index in [2.05, 4.69) is 68.7 Å². The Morgan fingerprint density at radius 1 is 1.05 bits per heavy atom. The van der Waals surface area contributed by atoms with Gasteiger partial charge in [-0.15, -0.1) is 0 Å². The number of para-hydroxylation sites is 1. The van der Waals surface area contributed by atoms with Crippen molar-refractivity contribution in [2.75, 3.05) is 29.9 Å². The van der Waals surface area contributed by atoms with Crippen molar-refractivity contribution < 1.29 is 9.47 Å². The number of aromatic nitrogens is 2. The highest BCUT2D eigenvalue weighted by atomic mass is 16.5. The van der Waals surface area contributed by atoms with Crippen LogP contribution in [-0.4, -0.2) is 29.7 Å². The van der Waals surface area contributed by atoms with E-state index in [-0.39, 0.29) is 11.7 Å². The Labute approximate surface area is 221 Å². The van der Waals surface area contributed by atoms with Gasteiger partial charge in [-0.25, -0.2) is 0 Å². The highest BCUT2D eigenvalue weighted by Crippen LogP contribution is 2.43. The first-order valence-corrected chi connectivity index (χ1v) is 13.4. The Hall–Kier alpha value is -4.10. The number of nitrogens with one attached hydrogen (secondary N) is 2. The second kappa shape index (κ2) is 9.65. The van der Waals surface area contributed by atoms with Crippen LogP contribution in [0, 0.1) is 0 Å². The molecule has 4 heterocycles. The summed E-state index contributed by atoms with van der Waals surface area (Å²) in [7, 11) is 0. The second-order valence-electron chi connectivity index (χ2n) is 10.4. The van der Waals surface area contributed by atoms with Crippen LogP contribution in [0.2, 0.25) is 0 Å². The summed E-state index contributed by atoms with van der Waals surface area (Å²) in [4.78, 5) is 21.3. The molecular weight excluding hydrogens is 476 g/mol. The molecule has 7 heteroatoms. The third-order valence-corrected chi connectivity index (χ3v) is 7.68. The van der Waals surface area contributed by atoms with Crippen molar-refractivity contribution in [3.63, 3.8) is 0 Å². The summed E-state index contributed by atoms with van der Waals surface area (Å²) in [5, 5.41) is 3.54. The van der Waals surface area contributed by atoms with Gasteiger partial charge in [-0.2, -0.15) is 0 Å². The molecule has 2 aliphatic heterocycles. The largest absolute Gasteiger partial charge is 0.456 e. The lowest BCUT2D eigenvalue weighted by Gasteiger charge is -2.36. The highest BCUT2D eigenvalue weighted by molar-refractivity contribution is 5.59. The number of H-pyrrole nitrogens is 1. The highest BCUT2D eigenvalue weighted by Gasteiger charge is 2.29. The van der Waals surface area contributed by atoms with Crippen molar-refractivity contribution in [2.24, 2.45) is 0 Å². The lowest BCUT2D eigenvalue weighted by Crippen LogP contribution is -2.39. The van der Waals surface area contributed by atoms with Crippen LogP contribution in [0.15, 0.2) is 77.9 Å². The van der Waals surface area contributed by atoms with Crippen LogP contribution in [0.5, 0.6) is 11.5 Å². The summed E-state index contributed by atoms with van der Waals surface area (Å²) in [6.45, 7) is 2.69. The molecule has 192 valence electrons. The molecule has 1 aliphatic carbocycles. The number of anilines is 2. The standard InChI is InChI=1S/C31H30N4O3/c36-30-17-26(9-11-33-30)35-12-13-37-29(19-35)27-3-1-2-22-14-23-16-24(6-7-28(23)38-31(22)27)34-18-25-15-21(8-10-32-25)20-4-5-20/h1-3,6-11,15-17,20,29,34H,4-5,12-14,18-19H2,(H,33,36). The third kappa shape index (κ3) is 4.65. The average molecular weight is 507 g/mol. The SMILES string of the molecule is O=c1cc(N2CCOC(c3cccc4c3Oc3ccc(NCc5cc(C6CC6)ccn5)cc3C4)C2)cc[nH]1. The summed E-state index contributed by atoms with van der Waals surface area (Å²) in [5.41, 5.74) is 7.72. The molecule has 7 nitrogen and oxygen atoms in total. The molecule has 2 fully saturated rings. The number of nitrogens with zero attached hydrogens (tertiary/aromatic N) is 2. The zero-order chi connectivity index (χ0) is 25.5. The molecule has 4 aromatic rings. The number of fused-ring (bicyclic) bond motifs is 2. The summed E-state index contributed by atoms with van der Waals surface area (Å²) in [6, 6.07) is 20.6. The quantitative estimate of drug-likeness (QED) is 0.315. The van der Waals surface area contributed by atoms with E-state index in [0.717, 1.165) is 64.1 Å². The third-order valence-electron chi connectivity index (χ3n) is 7.68. The maximum Gasteiger partial charge on any atom is 0.249 e. The van der Waals surface area contributed by atoms with Crippen LogP contribution in [0.1, 0.15) is 52.8 Å². The molecule has 0 bridgehead atoms. The first kappa shape index (κ1) is 23.0. The van der Waals surface area contributed by atoms with E-state index in [0.29, 0.717) is 19.7 Å². The molecule has 3 aliphatic rings. The smallest absolute Gasteiger partial charge is 0.249 e. The van der Waals surface area contributed by atoms with E-state index in [1.54, 1.807) is 12.3 Å². The lowest BCUT2D eigenvalue weighted by molar-refractivity contribution is 0.0384. The fourth-order valence-corrected chi connectivity index (χ4v) is 5.52. The second-order valence-corrected chi connectivity index (χ2v) is 10.4. The van der Waals surface area contributed by atoms with Crippen molar-refractivity contribution >= 4 is 11.4 Å². The molecule has 38 heavy (non-hydrogen) atoms. The summed E-state index contributed by atoms with van der Waals surface area (Å²) in [6.07, 6.45) is 6.87. The molecule has 2 aromatic carbocycles. The molecule has 2 aromatic heterocycles. The van der Waals surface area contributed by atoms with E-state index in [4.69, 9.17) is 9.47 Å². The van der Waals surface area contributed by atoms with Crippen LogP contribution in [0.4, 0.5) is 11.4 Å². The number of morpholine rings is 1. The van der Waals surface area contributed by atoms with Gasteiger partial charge in [0.1, 0.15) is 17.6 Å². The number of aromatic amines is 1. The van der Waals surface area contributed by atoms with E-state index < -0.39 is 0 Å². The van der Waals surface area contributed by atoms with Crippen LogP contribution >= 0.6 is 0 Å². The van der Waals surface area contributed by atoms with Crippen LogP contribution in [0.3, 0.4) is 0 Å². The minimum Gasteiger partial charge on any atom is -0.456 e. The number of benzene rings is 2. The van der Waals surface area contributed by atoms with Crippen LogP contribution < -0.4 is 20.5 Å². The van der Waals surface area contributed by atoms with E-state index in [1.165, 1.54) is 18.4 Å². The Kier molecular flexibility index (Phi) is 5.85. The Balaban J connectivity index is 1.08. The van der Waals surface area contributed by atoms with Gasteiger partial charge in [0.05, 0.1) is 18.8 Å². The fourth-order valence-electron chi connectivity index (χ4n) is 5.52. The first-order chi connectivity index (χ1) is 18.7. The number of rotatable bonds is 6. The molecule has 0 amide bonds. The van der Waals surface area contributed by atoms with Gasteiger partial charge in [0, 0.05) is 60.5 Å². The van der Waals surface area contributed by atoms with E-state index >= 15 is 0 Å². The topological polar surface area (TPSA) is 79.5 Å². The molecule has 0 radical (unpaired) electrons. The van der Waals surface area contributed by atoms with Gasteiger partial charge in [0.2, 0.25) is 5.56 Å². The summed E-state index contributed by atoms with van der Waals surface area (Å²) >= 11 is 0. The number of hydrogen-bond acceptors (Lipinski definition) is 6. The minimum atomic E-state index is -0.139. The normalized spacial score (nSPS) is 18.3. The van der Waals surface area contributed by atoms with Gasteiger partial charge < -0.3 is 24.7 Å². The van der Waals surface area contributed by atoms with Crippen molar-refractivity contribution in [3.05, 3.63) is 111 Å². The molecule has 1 unspecified atom stereocenters. The maximum atomic E-state index is 11.8. The number of ether oxygens (including phenoxy) is 2. The van der Waals surface area contributed by atoms with Gasteiger partial charge in [-0.05, 0) is 66.3 Å². The number of pyridine rings is 2. The Morgan fingerprint density at radius 2 is 2.00 bits per heavy atom. The van der Waals surface area contributed by atoms with Crippen molar-refractivity contribution in [1.29, 1.82) is 0 Å². The number of hydrogen-bond donors (Lipinski definition) is 2. The van der Waals surface area contributed by atoms with Gasteiger partial charge in [-0.1, -0.05) is 18.2 Å².